The average Bonchev–Trinajstić information content (AvgIpc) is 3.27. The summed E-state index contributed by atoms with van der Waals surface area (Å²) < 4.78 is 1.93. The van der Waals surface area contributed by atoms with Crippen LogP contribution in [-0.2, 0) is 4.79 Å². The molecular weight excluding hydrogens is 396 g/mol. The fourth-order valence-electron chi connectivity index (χ4n) is 3.26. The third kappa shape index (κ3) is 5.27. The molecule has 7 heteroatoms. The standard InChI is InChI=1S/C23H30N4O2S/c1-15(2)13-20(28)24-11-8-12-25-22(29)19-14-18-21(16(3)4)26-27(23(18)30-19)17-9-6-5-7-10-17/h5-7,9-10,14-16H,8,11-13H2,1-4H3,(H,24,28)(H,25,29). The largest absolute Gasteiger partial charge is 0.356 e. The molecule has 2 N–H and O–H groups in total. The molecule has 2 heterocycles. The first-order valence-corrected chi connectivity index (χ1v) is 11.3. The number of carbonyl (C=O) groups excluding carboxylic acids is 2. The number of nitrogens with one attached hydrogen (secondary N) is 2. The van der Waals surface area contributed by atoms with Crippen molar-refractivity contribution in [2.24, 2.45) is 5.92 Å². The smallest absolute Gasteiger partial charge is 0.261 e. The van der Waals surface area contributed by atoms with E-state index in [2.05, 4.69) is 24.5 Å². The summed E-state index contributed by atoms with van der Waals surface area (Å²) in [6, 6.07) is 11.9. The highest BCUT2D eigenvalue weighted by atomic mass is 32.1. The summed E-state index contributed by atoms with van der Waals surface area (Å²) in [4.78, 5) is 26.0. The van der Waals surface area contributed by atoms with Gasteiger partial charge in [0.05, 0.1) is 16.3 Å². The molecule has 0 saturated heterocycles. The summed E-state index contributed by atoms with van der Waals surface area (Å²) in [7, 11) is 0. The number of fused-ring (bicyclic) bond motifs is 1. The molecule has 1 aromatic carbocycles. The van der Waals surface area contributed by atoms with Crippen molar-refractivity contribution in [3.63, 3.8) is 0 Å². The second kappa shape index (κ2) is 9.89. The second-order valence-corrected chi connectivity index (χ2v) is 9.20. The Balaban J connectivity index is 1.66. The number of para-hydroxylation sites is 1. The third-order valence-corrected chi connectivity index (χ3v) is 5.82. The quantitative estimate of drug-likeness (QED) is 0.495. The first-order chi connectivity index (χ1) is 14.4. The van der Waals surface area contributed by atoms with Crippen LogP contribution < -0.4 is 10.6 Å². The van der Waals surface area contributed by atoms with E-state index in [1.54, 1.807) is 0 Å². The number of hydrogen-bond acceptors (Lipinski definition) is 4. The molecule has 0 bridgehead atoms. The highest BCUT2D eigenvalue weighted by Gasteiger charge is 2.20. The zero-order chi connectivity index (χ0) is 21.7. The van der Waals surface area contributed by atoms with Gasteiger partial charge in [0.25, 0.3) is 5.91 Å². The van der Waals surface area contributed by atoms with Crippen LogP contribution in [0.2, 0.25) is 0 Å². The summed E-state index contributed by atoms with van der Waals surface area (Å²) in [5, 5.41) is 11.7. The lowest BCUT2D eigenvalue weighted by Gasteiger charge is -2.07. The monoisotopic (exact) mass is 426 g/mol. The maximum atomic E-state index is 12.7. The summed E-state index contributed by atoms with van der Waals surface area (Å²) in [5.74, 6) is 0.587. The van der Waals surface area contributed by atoms with Gasteiger partial charge < -0.3 is 10.6 Å². The van der Waals surface area contributed by atoms with E-state index in [-0.39, 0.29) is 17.7 Å². The van der Waals surface area contributed by atoms with Gasteiger partial charge in [0.1, 0.15) is 4.83 Å². The maximum Gasteiger partial charge on any atom is 0.261 e. The van der Waals surface area contributed by atoms with E-state index in [4.69, 9.17) is 5.10 Å². The molecular formula is C23H30N4O2S. The van der Waals surface area contributed by atoms with Crippen LogP contribution in [0, 0.1) is 5.92 Å². The van der Waals surface area contributed by atoms with E-state index in [0.29, 0.717) is 36.7 Å². The summed E-state index contributed by atoms with van der Waals surface area (Å²) in [6.07, 6.45) is 1.24. The van der Waals surface area contributed by atoms with E-state index in [1.807, 2.05) is 54.9 Å². The van der Waals surface area contributed by atoms with Crippen LogP contribution in [0.3, 0.4) is 0 Å². The molecule has 0 aliphatic carbocycles. The van der Waals surface area contributed by atoms with E-state index < -0.39 is 0 Å². The van der Waals surface area contributed by atoms with Gasteiger partial charge in [-0.25, -0.2) is 4.68 Å². The number of benzene rings is 1. The number of nitrogens with zero attached hydrogens (tertiary/aromatic N) is 2. The van der Waals surface area contributed by atoms with Gasteiger partial charge in [0.15, 0.2) is 0 Å². The Labute approximate surface area is 181 Å². The van der Waals surface area contributed by atoms with Gasteiger partial charge in [0.2, 0.25) is 5.91 Å². The molecule has 0 spiro atoms. The van der Waals surface area contributed by atoms with Gasteiger partial charge >= 0.3 is 0 Å². The maximum absolute atomic E-state index is 12.7. The molecule has 0 aliphatic heterocycles. The molecule has 3 aromatic rings. The third-order valence-electron chi connectivity index (χ3n) is 4.71. The highest BCUT2D eigenvalue weighted by Crippen LogP contribution is 2.33. The molecule has 6 nitrogen and oxygen atoms in total. The van der Waals surface area contributed by atoms with Crippen molar-refractivity contribution in [3.8, 4) is 5.69 Å². The topological polar surface area (TPSA) is 76.0 Å². The van der Waals surface area contributed by atoms with Crippen molar-refractivity contribution in [2.45, 2.75) is 46.5 Å². The van der Waals surface area contributed by atoms with Gasteiger partial charge in [-0.3, -0.25) is 9.59 Å². The molecule has 0 radical (unpaired) electrons. The predicted molar refractivity (Wildman–Crippen MR) is 122 cm³/mol. The van der Waals surface area contributed by atoms with Crippen LogP contribution >= 0.6 is 11.3 Å². The molecule has 0 unspecified atom stereocenters. The fourth-order valence-corrected chi connectivity index (χ4v) is 4.32. The minimum absolute atomic E-state index is 0.0625. The van der Waals surface area contributed by atoms with Crippen LogP contribution in [0.25, 0.3) is 15.9 Å². The predicted octanol–water partition coefficient (Wildman–Crippen LogP) is 4.49. The average molecular weight is 427 g/mol. The molecule has 0 fully saturated rings. The Kier molecular flexibility index (Phi) is 7.26. The molecule has 30 heavy (non-hydrogen) atoms. The number of aromatic nitrogens is 2. The normalized spacial score (nSPS) is 11.4. The first kappa shape index (κ1) is 22.0. The lowest BCUT2D eigenvalue weighted by atomic mass is 10.1. The van der Waals surface area contributed by atoms with Gasteiger partial charge in [0, 0.05) is 24.9 Å². The van der Waals surface area contributed by atoms with Gasteiger partial charge in [-0.05, 0) is 36.5 Å². The number of rotatable bonds is 9. The fraction of sp³-hybridized carbons (Fsp3) is 0.435. The van der Waals surface area contributed by atoms with Crippen molar-refractivity contribution in [2.75, 3.05) is 13.1 Å². The molecule has 0 saturated carbocycles. The lowest BCUT2D eigenvalue weighted by Crippen LogP contribution is -2.30. The molecule has 3 rings (SSSR count). The Hall–Kier alpha value is -2.67. The molecule has 2 aromatic heterocycles. The summed E-state index contributed by atoms with van der Waals surface area (Å²) in [6.45, 7) is 9.36. The molecule has 0 atom stereocenters. The van der Waals surface area contributed by atoms with Crippen molar-refractivity contribution < 1.29 is 9.59 Å². The van der Waals surface area contributed by atoms with Crippen LogP contribution in [0.15, 0.2) is 36.4 Å². The molecule has 2 amide bonds. The minimum atomic E-state index is -0.0842. The Morgan fingerprint density at radius 3 is 2.43 bits per heavy atom. The van der Waals surface area contributed by atoms with Crippen molar-refractivity contribution >= 4 is 33.4 Å². The van der Waals surface area contributed by atoms with E-state index >= 15 is 0 Å². The Morgan fingerprint density at radius 1 is 1.07 bits per heavy atom. The zero-order valence-electron chi connectivity index (χ0n) is 18.1. The SMILES string of the molecule is CC(C)CC(=O)NCCCNC(=O)c1cc2c(C(C)C)nn(-c3ccccc3)c2s1. The molecule has 0 aliphatic rings. The van der Waals surface area contributed by atoms with Gasteiger partial charge in [-0.2, -0.15) is 5.10 Å². The first-order valence-electron chi connectivity index (χ1n) is 10.5. The van der Waals surface area contributed by atoms with E-state index in [1.165, 1.54) is 11.3 Å². The number of carbonyl (C=O) groups is 2. The summed E-state index contributed by atoms with van der Waals surface area (Å²) in [5.41, 5.74) is 1.98. The van der Waals surface area contributed by atoms with Gasteiger partial charge in [-0.1, -0.05) is 45.9 Å². The van der Waals surface area contributed by atoms with Crippen LogP contribution in [0.5, 0.6) is 0 Å². The Bertz CT molecular complexity index is 1010. The van der Waals surface area contributed by atoms with Crippen molar-refractivity contribution in [1.82, 2.24) is 20.4 Å². The van der Waals surface area contributed by atoms with E-state index in [9.17, 15) is 9.59 Å². The Morgan fingerprint density at radius 2 is 1.77 bits per heavy atom. The van der Waals surface area contributed by atoms with Gasteiger partial charge in [-0.15, -0.1) is 11.3 Å². The number of thiophene rings is 1. The second-order valence-electron chi connectivity index (χ2n) is 8.17. The van der Waals surface area contributed by atoms with E-state index in [0.717, 1.165) is 21.6 Å². The van der Waals surface area contributed by atoms with Crippen molar-refractivity contribution in [3.05, 3.63) is 47.0 Å². The van der Waals surface area contributed by atoms with Crippen LogP contribution in [0.4, 0.5) is 0 Å². The number of amides is 2. The lowest BCUT2D eigenvalue weighted by molar-refractivity contribution is -0.121. The van der Waals surface area contributed by atoms with Crippen LogP contribution in [0.1, 0.15) is 61.8 Å². The zero-order valence-corrected chi connectivity index (χ0v) is 18.9. The molecule has 160 valence electrons. The highest BCUT2D eigenvalue weighted by molar-refractivity contribution is 7.20. The van der Waals surface area contributed by atoms with Crippen molar-refractivity contribution in [1.29, 1.82) is 0 Å². The summed E-state index contributed by atoms with van der Waals surface area (Å²) >= 11 is 1.46. The van der Waals surface area contributed by atoms with Crippen LogP contribution in [-0.4, -0.2) is 34.7 Å². The number of hydrogen-bond donors (Lipinski definition) is 2. The minimum Gasteiger partial charge on any atom is -0.356 e.